The Balaban J connectivity index is 1.54. The van der Waals surface area contributed by atoms with E-state index in [1.165, 1.54) is 4.31 Å². The van der Waals surface area contributed by atoms with Crippen molar-refractivity contribution < 1.29 is 17.7 Å². The molecule has 4 rings (SSSR count). The van der Waals surface area contributed by atoms with E-state index in [0.717, 1.165) is 16.7 Å². The summed E-state index contributed by atoms with van der Waals surface area (Å²) in [4.78, 5) is 13.0. The zero-order chi connectivity index (χ0) is 25.2. The number of halogens is 1. The van der Waals surface area contributed by atoms with Crippen molar-refractivity contribution >= 4 is 45.4 Å². The summed E-state index contributed by atoms with van der Waals surface area (Å²) in [6.45, 7) is 5.85. The summed E-state index contributed by atoms with van der Waals surface area (Å²) in [7, 11) is -3.92. The third-order valence-electron chi connectivity index (χ3n) is 6.22. The number of hydrogen-bond donors (Lipinski definition) is 1. The molecule has 1 fully saturated rings. The third-order valence-corrected chi connectivity index (χ3v) is 8.65. The van der Waals surface area contributed by atoms with E-state index in [-0.39, 0.29) is 28.8 Å². The minimum Gasteiger partial charge on any atom is -0.355 e. The van der Waals surface area contributed by atoms with Gasteiger partial charge in [-0.2, -0.15) is 4.31 Å². The van der Waals surface area contributed by atoms with Crippen molar-refractivity contribution in [3.63, 3.8) is 0 Å². The normalized spacial score (nSPS) is 17.1. The van der Waals surface area contributed by atoms with Crippen LogP contribution < -0.4 is 5.32 Å². The number of rotatable bonds is 6. The third kappa shape index (κ3) is 5.50. The molecule has 3 aromatic rings. The molecule has 1 aromatic heterocycles. The van der Waals surface area contributed by atoms with E-state index in [0.29, 0.717) is 30.1 Å². The summed E-state index contributed by atoms with van der Waals surface area (Å²) in [6, 6.07) is 13.1. The Morgan fingerprint density at radius 3 is 2.63 bits per heavy atom. The van der Waals surface area contributed by atoms with Gasteiger partial charge in [-0.25, -0.2) is 8.42 Å². The topological polar surface area (TPSA) is 92.5 Å². The van der Waals surface area contributed by atoms with Gasteiger partial charge >= 0.3 is 0 Å². The van der Waals surface area contributed by atoms with Gasteiger partial charge in [0.05, 0.1) is 5.92 Å². The van der Waals surface area contributed by atoms with Crippen LogP contribution >= 0.6 is 11.6 Å². The van der Waals surface area contributed by atoms with Crippen molar-refractivity contribution in [1.82, 2.24) is 9.46 Å². The number of hydrogen-bond acceptors (Lipinski definition) is 5. The number of aromatic nitrogens is 1. The molecule has 1 N–H and O–H groups in total. The molecule has 0 bridgehead atoms. The first-order valence-electron chi connectivity index (χ1n) is 11.4. The van der Waals surface area contributed by atoms with E-state index in [1.807, 2.05) is 38.1 Å². The quantitative estimate of drug-likeness (QED) is 0.472. The van der Waals surface area contributed by atoms with Crippen molar-refractivity contribution in [2.45, 2.75) is 38.5 Å². The summed E-state index contributed by atoms with van der Waals surface area (Å²) in [5, 5.41) is 7.37. The minimum absolute atomic E-state index is 0.0348. The first-order valence-corrected chi connectivity index (χ1v) is 13.3. The molecule has 35 heavy (non-hydrogen) atoms. The predicted molar refractivity (Wildman–Crippen MR) is 138 cm³/mol. The van der Waals surface area contributed by atoms with Gasteiger partial charge in [-0.05, 0) is 62.9 Å². The van der Waals surface area contributed by atoms with E-state index in [9.17, 15) is 13.2 Å². The molecule has 0 unspecified atom stereocenters. The Hall–Kier alpha value is -2.94. The number of nitrogens with one attached hydrogen (secondary N) is 1. The van der Waals surface area contributed by atoms with E-state index in [2.05, 4.69) is 10.5 Å². The standard InChI is InChI=1S/C26H28ClN3O4S/c1-17-9-11-20(12-10-17)13-14-24-25(19(3)29-34-24)35(32,33)30-15-5-6-21(16-30)26(31)28-23-8-4-7-22(27)18(23)2/h4,7-14,21H,5-6,15-16H2,1-3H3,(H,28,31)/b14-13+/t21-/m1/s1. The van der Waals surface area contributed by atoms with Crippen LogP contribution in [0.15, 0.2) is 51.9 Å². The van der Waals surface area contributed by atoms with Gasteiger partial charge in [0.15, 0.2) is 10.7 Å². The Kier molecular flexibility index (Phi) is 7.44. The molecule has 0 saturated carbocycles. The maximum Gasteiger partial charge on any atom is 0.248 e. The number of aryl methyl sites for hydroxylation is 2. The number of benzene rings is 2. The van der Waals surface area contributed by atoms with Gasteiger partial charge in [0.1, 0.15) is 5.69 Å². The maximum absolute atomic E-state index is 13.6. The van der Waals surface area contributed by atoms with Crippen molar-refractivity contribution in [1.29, 1.82) is 0 Å². The molecule has 0 spiro atoms. The van der Waals surface area contributed by atoms with Crippen LogP contribution in [0, 0.1) is 26.7 Å². The summed E-state index contributed by atoms with van der Waals surface area (Å²) in [6.07, 6.45) is 4.58. The van der Waals surface area contributed by atoms with Gasteiger partial charge in [0.25, 0.3) is 0 Å². The average Bonchev–Trinajstić information content (AvgIpc) is 3.22. The Bertz CT molecular complexity index is 1360. The molecule has 1 saturated heterocycles. The maximum atomic E-state index is 13.6. The van der Waals surface area contributed by atoms with Crippen LogP contribution in [-0.4, -0.2) is 36.9 Å². The van der Waals surface area contributed by atoms with Crippen molar-refractivity contribution in [3.05, 3.63) is 75.6 Å². The molecule has 0 aliphatic carbocycles. The van der Waals surface area contributed by atoms with Crippen LogP contribution in [0.2, 0.25) is 5.02 Å². The fourth-order valence-corrected chi connectivity index (χ4v) is 6.08. The zero-order valence-corrected chi connectivity index (χ0v) is 21.5. The monoisotopic (exact) mass is 513 g/mol. The number of carbonyl (C=O) groups is 1. The highest BCUT2D eigenvalue weighted by Gasteiger charge is 2.37. The predicted octanol–water partition coefficient (Wildman–Crippen LogP) is 5.46. The van der Waals surface area contributed by atoms with E-state index in [1.54, 1.807) is 37.3 Å². The second-order valence-corrected chi connectivity index (χ2v) is 11.1. The van der Waals surface area contributed by atoms with Gasteiger partial charge in [-0.1, -0.05) is 58.7 Å². The number of nitrogens with zero attached hydrogens (tertiary/aromatic N) is 2. The fourth-order valence-electron chi connectivity index (χ4n) is 4.13. The number of piperidine rings is 1. The minimum atomic E-state index is -3.92. The Morgan fingerprint density at radius 1 is 1.14 bits per heavy atom. The lowest BCUT2D eigenvalue weighted by Crippen LogP contribution is -2.44. The van der Waals surface area contributed by atoms with Gasteiger partial charge in [0.2, 0.25) is 15.9 Å². The van der Waals surface area contributed by atoms with Gasteiger partial charge in [-0.15, -0.1) is 0 Å². The molecule has 2 aromatic carbocycles. The lowest BCUT2D eigenvalue weighted by Gasteiger charge is -2.31. The molecule has 1 amide bonds. The van der Waals surface area contributed by atoms with Gasteiger partial charge < -0.3 is 9.84 Å². The highest BCUT2D eigenvalue weighted by atomic mass is 35.5. The molecule has 7 nitrogen and oxygen atoms in total. The smallest absolute Gasteiger partial charge is 0.248 e. The molecular weight excluding hydrogens is 486 g/mol. The fraction of sp³-hybridized carbons (Fsp3) is 0.308. The molecule has 1 aliphatic rings. The summed E-state index contributed by atoms with van der Waals surface area (Å²) in [5.41, 5.74) is 3.73. The zero-order valence-electron chi connectivity index (χ0n) is 19.9. The van der Waals surface area contributed by atoms with Gasteiger partial charge in [0, 0.05) is 23.8 Å². The van der Waals surface area contributed by atoms with Crippen LogP contribution in [0.25, 0.3) is 12.2 Å². The van der Waals surface area contributed by atoms with E-state index in [4.69, 9.17) is 16.1 Å². The van der Waals surface area contributed by atoms with Crippen LogP contribution in [0.4, 0.5) is 5.69 Å². The van der Waals surface area contributed by atoms with Gasteiger partial charge in [-0.3, -0.25) is 4.79 Å². The summed E-state index contributed by atoms with van der Waals surface area (Å²) in [5.74, 6) is -0.537. The molecular formula is C26H28ClN3O4S. The van der Waals surface area contributed by atoms with E-state index < -0.39 is 15.9 Å². The van der Waals surface area contributed by atoms with E-state index >= 15 is 0 Å². The molecule has 2 heterocycles. The first-order chi connectivity index (χ1) is 16.7. The Labute approximate surface area is 210 Å². The first kappa shape index (κ1) is 25.2. The van der Waals surface area contributed by atoms with Crippen molar-refractivity contribution in [3.8, 4) is 0 Å². The second-order valence-electron chi connectivity index (χ2n) is 8.81. The molecule has 184 valence electrons. The van der Waals surface area contributed by atoms with Crippen LogP contribution in [-0.2, 0) is 14.8 Å². The highest BCUT2D eigenvalue weighted by Crippen LogP contribution is 2.30. The highest BCUT2D eigenvalue weighted by molar-refractivity contribution is 7.89. The van der Waals surface area contributed by atoms with Crippen LogP contribution in [0.3, 0.4) is 0 Å². The number of amides is 1. The van der Waals surface area contributed by atoms with Crippen molar-refractivity contribution in [2.24, 2.45) is 5.92 Å². The number of carbonyl (C=O) groups excluding carboxylic acids is 1. The van der Waals surface area contributed by atoms with Crippen LogP contribution in [0.5, 0.6) is 0 Å². The molecule has 9 heteroatoms. The molecule has 1 atom stereocenters. The summed E-state index contributed by atoms with van der Waals surface area (Å²) < 4.78 is 33.9. The van der Waals surface area contributed by atoms with Crippen LogP contribution in [0.1, 0.15) is 41.0 Å². The Morgan fingerprint density at radius 2 is 1.89 bits per heavy atom. The molecule has 1 aliphatic heterocycles. The van der Waals surface area contributed by atoms with Crippen molar-refractivity contribution in [2.75, 3.05) is 18.4 Å². The largest absolute Gasteiger partial charge is 0.355 e. The number of sulfonamides is 1. The lowest BCUT2D eigenvalue weighted by atomic mass is 9.98. The summed E-state index contributed by atoms with van der Waals surface area (Å²) >= 11 is 6.17. The molecule has 0 radical (unpaired) electrons. The average molecular weight is 514 g/mol. The SMILES string of the molecule is Cc1ccc(/C=C/c2onc(C)c2S(=O)(=O)N2CCC[C@@H](C(=O)Nc3cccc(Cl)c3C)C2)cc1. The lowest BCUT2D eigenvalue weighted by molar-refractivity contribution is -0.120. The second kappa shape index (κ2) is 10.4. The number of anilines is 1.